The molecule has 0 saturated heterocycles. The number of esters is 1. The van der Waals surface area contributed by atoms with Crippen LogP contribution in [0.1, 0.15) is 13.3 Å². The number of alkyl halides is 1. The highest BCUT2D eigenvalue weighted by Gasteiger charge is 2.55. The SMILES string of the molecule is CC(=O)OC[C@@]1(F)C[C@@H]1C#CBr. The second-order valence-corrected chi connectivity index (χ2v) is 3.21. The molecule has 0 heterocycles. The number of rotatable bonds is 2. The maximum absolute atomic E-state index is 13.3. The Morgan fingerprint density at radius 3 is 3.08 bits per heavy atom. The average molecular weight is 235 g/mol. The van der Waals surface area contributed by atoms with Gasteiger partial charge in [0.2, 0.25) is 0 Å². The van der Waals surface area contributed by atoms with E-state index in [1.54, 1.807) is 0 Å². The Bertz CT molecular complexity index is 256. The van der Waals surface area contributed by atoms with E-state index in [9.17, 15) is 9.18 Å². The second-order valence-electron chi connectivity index (χ2n) is 2.81. The monoisotopic (exact) mass is 234 g/mol. The van der Waals surface area contributed by atoms with Crippen LogP contribution in [0.4, 0.5) is 4.39 Å². The predicted molar refractivity (Wildman–Crippen MR) is 45.3 cm³/mol. The van der Waals surface area contributed by atoms with E-state index < -0.39 is 11.6 Å². The summed E-state index contributed by atoms with van der Waals surface area (Å²) in [6.45, 7) is 1.09. The molecule has 0 aromatic carbocycles. The molecule has 4 heteroatoms. The number of hydrogen-bond donors (Lipinski definition) is 0. The van der Waals surface area contributed by atoms with Gasteiger partial charge in [0.15, 0.2) is 5.67 Å². The molecule has 66 valence electrons. The van der Waals surface area contributed by atoms with E-state index in [0.717, 1.165) is 0 Å². The molecule has 1 fully saturated rings. The molecule has 0 bridgehead atoms. The van der Waals surface area contributed by atoms with Crippen LogP contribution in [-0.4, -0.2) is 18.2 Å². The summed E-state index contributed by atoms with van der Waals surface area (Å²) < 4.78 is 17.9. The summed E-state index contributed by atoms with van der Waals surface area (Å²) in [5.41, 5.74) is -1.40. The topological polar surface area (TPSA) is 26.3 Å². The van der Waals surface area contributed by atoms with Gasteiger partial charge in [-0.25, -0.2) is 4.39 Å². The van der Waals surface area contributed by atoms with Crippen molar-refractivity contribution in [2.24, 2.45) is 5.92 Å². The van der Waals surface area contributed by atoms with Crippen molar-refractivity contribution in [3.05, 3.63) is 0 Å². The summed E-state index contributed by atoms with van der Waals surface area (Å²) in [6, 6.07) is 0. The summed E-state index contributed by atoms with van der Waals surface area (Å²) in [7, 11) is 0. The van der Waals surface area contributed by atoms with Crippen molar-refractivity contribution in [2.45, 2.75) is 19.0 Å². The molecule has 0 aromatic heterocycles. The number of ether oxygens (including phenoxy) is 1. The summed E-state index contributed by atoms with van der Waals surface area (Å²) in [4.78, 5) is 12.8. The van der Waals surface area contributed by atoms with Gasteiger partial charge in [-0.15, -0.1) is 0 Å². The molecule has 0 spiro atoms. The van der Waals surface area contributed by atoms with Gasteiger partial charge in [0.25, 0.3) is 0 Å². The molecule has 1 aliphatic carbocycles. The van der Waals surface area contributed by atoms with Gasteiger partial charge < -0.3 is 4.74 Å². The Morgan fingerprint density at radius 1 is 1.92 bits per heavy atom. The average Bonchev–Trinajstić information content (AvgIpc) is 2.60. The minimum Gasteiger partial charge on any atom is -0.462 e. The van der Waals surface area contributed by atoms with Crippen LogP contribution in [0.25, 0.3) is 0 Å². The summed E-state index contributed by atoms with van der Waals surface area (Å²) >= 11 is 2.89. The molecule has 0 aromatic rings. The van der Waals surface area contributed by atoms with E-state index in [2.05, 4.69) is 31.4 Å². The maximum atomic E-state index is 13.3. The van der Waals surface area contributed by atoms with Crippen LogP contribution in [0, 0.1) is 16.7 Å². The zero-order chi connectivity index (χ0) is 9.19. The largest absolute Gasteiger partial charge is 0.462 e. The van der Waals surface area contributed by atoms with Crippen molar-refractivity contribution in [3.63, 3.8) is 0 Å². The van der Waals surface area contributed by atoms with Crippen LogP contribution in [0.5, 0.6) is 0 Å². The third-order valence-electron chi connectivity index (χ3n) is 1.75. The molecular weight excluding hydrogens is 227 g/mol. The fourth-order valence-electron chi connectivity index (χ4n) is 0.908. The van der Waals surface area contributed by atoms with Gasteiger partial charge in [-0.3, -0.25) is 4.79 Å². The Hall–Kier alpha value is -0.560. The van der Waals surface area contributed by atoms with Gasteiger partial charge in [-0.1, -0.05) is 5.92 Å². The third-order valence-corrected chi connectivity index (χ3v) is 1.98. The van der Waals surface area contributed by atoms with E-state index in [4.69, 9.17) is 0 Å². The molecule has 0 amide bonds. The number of halogens is 2. The standard InChI is InChI=1S/C8H8BrFO2/c1-6(11)12-5-8(10)4-7(8)2-3-9/h7H,4-5H2,1H3/t7-,8-/m0/s1. The summed E-state index contributed by atoms with van der Waals surface area (Å²) in [6.07, 6.45) is 0.360. The van der Waals surface area contributed by atoms with Crippen LogP contribution in [0.15, 0.2) is 0 Å². The molecule has 1 aliphatic rings. The molecule has 2 nitrogen and oxygen atoms in total. The van der Waals surface area contributed by atoms with E-state index in [0.29, 0.717) is 6.42 Å². The summed E-state index contributed by atoms with van der Waals surface area (Å²) in [5, 5.41) is 0. The van der Waals surface area contributed by atoms with Gasteiger partial charge in [-0.05, 0) is 4.83 Å². The van der Waals surface area contributed by atoms with Crippen LogP contribution in [-0.2, 0) is 9.53 Å². The number of carbonyl (C=O) groups excluding carboxylic acids is 1. The number of carbonyl (C=O) groups is 1. The van der Waals surface area contributed by atoms with Crippen LogP contribution in [0.2, 0.25) is 0 Å². The smallest absolute Gasteiger partial charge is 0.302 e. The molecule has 0 aliphatic heterocycles. The van der Waals surface area contributed by atoms with E-state index in [1.807, 2.05) is 0 Å². The number of hydrogen-bond acceptors (Lipinski definition) is 2. The molecular formula is C8H8BrFO2. The highest BCUT2D eigenvalue weighted by Crippen LogP contribution is 2.47. The van der Waals surface area contributed by atoms with Crippen molar-refractivity contribution in [1.82, 2.24) is 0 Å². The first kappa shape index (κ1) is 9.53. The molecule has 12 heavy (non-hydrogen) atoms. The van der Waals surface area contributed by atoms with E-state index >= 15 is 0 Å². The Balaban J connectivity index is 2.33. The van der Waals surface area contributed by atoms with Crippen molar-refractivity contribution in [3.8, 4) is 10.8 Å². The van der Waals surface area contributed by atoms with E-state index in [1.165, 1.54) is 6.92 Å². The highest BCUT2D eigenvalue weighted by atomic mass is 79.9. The van der Waals surface area contributed by atoms with Crippen LogP contribution in [0.3, 0.4) is 0 Å². The molecule has 1 saturated carbocycles. The van der Waals surface area contributed by atoms with Crippen molar-refractivity contribution in [2.75, 3.05) is 6.61 Å². The lowest BCUT2D eigenvalue weighted by atomic mass is 10.3. The first-order valence-electron chi connectivity index (χ1n) is 3.52. The van der Waals surface area contributed by atoms with Crippen molar-refractivity contribution in [1.29, 1.82) is 0 Å². The lowest BCUT2D eigenvalue weighted by molar-refractivity contribution is -0.143. The minimum absolute atomic E-state index is 0.172. The first-order valence-corrected chi connectivity index (χ1v) is 4.31. The normalized spacial score (nSPS) is 31.8. The Morgan fingerprint density at radius 2 is 2.58 bits per heavy atom. The van der Waals surface area contributed by atoms with E-state index in [-0.39, 0.29) is 12.5 Å². The fourth-order valence-corrected chi connectivity index (χ4v) is 1.18. The van der Waals surface area contributed by atoms with Gasteiger partial charge in [-0.2, -0.15) is 0 Å². The van der Waals surface area contributed by atoms with Gasteiger partial charge in [0.1, 0.15) is 6.61 Å². The molecule has 1 rings (SSSR count). The van der Waals surface area contributed by atoms with Gasteiger partial charge in [0, 0.05) is 29.3 Å². The zero-order valence-electron chi connectivity index (χ0n) is 6.56. The molecule has 0 N–H and O–H groups in total. The summed E-state index contributed by atoms with van der Waals surface area (Å²) in [5.74, 6) is 1.90. The van der Waals surface area contributed by atoms with Crippen LogP contribution < -0.4 is 0 Å². The first-order chi connectivity index (χ1) is 5.58. The quantitative estimate of drug-likeness (QED) is 0.537. The highest BCUT2D eigenvalue weighted by molar-refractivity contribution is 9.12. The fraction of sp³-hybridized carbons (Fsp3) is 0.625. The van der Waals surface area contributed by atoms with Gasteiger partial charge >= 0.3 is 5.97 Å². The zero-order valence-corrected chi connectivity index (χ0v) is 8.15. The Labute approximate surface area is 78.6 Å². The molecule has 2 atom stereocenters. The molecule has 0 unspecified atom stereocenters. The predicted octanol–water partition coefficient (Wildman–Crippen LogP) is 1.63. The lowest BCUT2D eigenvalue weighted by Gasteiger charge is -2.04. The molecule has 0 radical (unpaired) electrons. The Kier molecular flexibility index (Phi) is 2.73. The van der Waals surface area contributed by atoms with Crippen molar-refractivity contribution < 1.29 is 13.9 Å². The minimum atomic E-state index is -1.40. The maximum Gasteiger partial charge on any atom is 0.302 e. The van der Waals surface area contributed by atoms with Gasteiger partial charge in [0.05, 0.1) is 5.92 Å². The lowest BCUT2D eigenvalue weighted by Crippen LogP contribution is -2.16. The second kappa shape index (κ2) is 3.44. The van der Waals surface area contributed by atoms with Crippen LogP contribution >= 0.6 is 15.9 Å². The third kappa shape index (κ3) is 2.21. The van der Waals surface area contributed by atoms with Crippen molar-refractivity contribution >= 4 is 21.9 Å².